The van der Waals surface area contributed by atoms with Gasteiger partial charge in [0.15, 0.2) is 0 Å². The Hall–Kier alpha value is -2.29. The number of benzene rings is 2. The Morgan fingerprint density at radius 2 is 1.84 bits per heavy atom. The SMILES string of the molecule is Cc1cccc2c1NC(=O)CCN2c1ccccc1. The van der Waals surface area contributed by atoms with Gasteiger partial charge < -0.3 is 10.2 Å². The number of carbonyl (C=O) groups is 1. The maximum atomic E-state index is 11.8. The predicted molar refractivity (Wildman–Crippen MR) is 77.9 cm³/mol. The second-order valence-electron chi connectivity index (χ2n) is 4.75. The fourth-order valence-electron chi connectivity index (χ4n) is 2.45. The molecular formula is C16H16N2O. The molecule has 1 N–H and O–H groups in total. The lowest BCUT2D eigenvalue weighted by atomic mass is 10.1. The minimum Gasteiger partial charge on any atom is -0.339 e. The van der Waals surface area contributed by atoms with Crippen molar-refractivity contribution in [2.75, 3.05) is 16.8 Å². The van der Waals surface area contributed by atoms with Gasteiger partial charge in [0, 0.05) is 18.7 Å². The first-order valence-electron chi connectivity index (χ1n) is 6.48. The number of carbonyl (C=O) groups excluding carboxylic acids is 1. The highest BCUT2D eigenvalue weighted by Crippen LogP contribution is 2.36. The first kappa shape index (κ1) is 11.8. The Labute approximate surface area is 112 Å². The molecule has 3 heteroatoms. The van der Waals surface area contributed by atoms with Crippen LogP contribution in [0.5, 0.6) is 0 Å². The molecule has 3 nitrogen and oxygen atoms in total. The second kappa shape index (κ2) is 4.76. The van der Waals surface area contributed by atoms with Crippen molar-refractivity contribution in [3.05, 3.63) is 54.1 Å². The van der Waals surface area contributed by atoms with Gasteiger partial charge >= 0.3 is 0 Å². The van der Waals surface area contributed by atoms with Gasteiger partial charge in [-0.3, -0.25) is 4.79 Å². The van der Waals surface area contributed by atoms with Crippen LogP contribution < -0.4 is 10.2 Å². The van der Waals surface area contributed by atoms with Gasteiger partial charge in [-0.15, -0.1) is 0 Å². The van der Waals surface area contributed by atoms with E-state index in [1.807, 2.05) is 37.3 Å². The first-order valence-corrected chi connectivity index (χ1v) is 6.48. The molecule has 0 unspecified atom stereocenters. The minimum atomic E-state index is 0.0778. The Bertz CT molecular complexity index is 607. The van der Waals surface area contributed by atoms with Crippen LogP contribution in [-0.4, -0.2) is 12.5 Å². The number of aryl methyl sites for hydroxylation is 1. The highest BCUT2D eigenvalue weighted by molar-refractivity contribution is 5.98. The predicted octanol–water partition coefficient (Wildman–Crippen LogP) is 3.48. The van der Waals surface area contributed by atoms with Crippen LogP contribution in [0.3, 0.4) is 0 Å². The summed E-state index contributed by atoms with van der Waals surface area (Å²) in [5.41, 5.74) is 4.20. The van der Waals surface area contributed by atoms with Crippen LogP contribution in [0.4, 0.5) is 17.1 Å². The van der Waals surface area contributed by atoms with E-state index in [1.165, 1.54) is 0 Å². The van der Waals surface area contributed by atoms with E-state index >= 15 is 0 Å². The summed E-state index contributed by atoms with van der Waals surface area (Å²) in [5, 5.41) is 3.01. The Morgan fingerprint density at radius 1 is 1.05 bits per heavy atom. The molecule has 0 saturated heterocycles. The van der Waals surface area contributed by atoms with E-state index in [0.29, 0.717) is 13.0 Å². The molecule has 0 aliphatic carbocycles. The molecular weight excluding hydrogens is 236 g/mol. The van der Waals surface area contributed by atoms with Crippen molar-refractivity contribution in [2.45, 2.75) is 13.3 Å². The van der Waals surface area contributed by atoms with E-state index in [1.54, 1.807) is 0 Å². The van der Waals surface area contributed by atoms with Gasteiger partial charge in [0.2, 0.25) is 5.91 Å². The Morgan fingerprint density at radius 3 is 2.63 bits per heavy atom. The Balaban J connectivity index is 2.13. The second-order valence-corrected chi connectivity index (χ2v) is 4.75. The van der Waals surface area contributed by atoms with Crippen molar-refractivity contribution in [3.63, 3.8) is 0 Å². The van der Waals surface area contributed by atoms with Crippen molar-refractivity contribution >= 4 is 23.0 Å². The van der Waals surface area contributed by atoms with E-state index in [4.69, 9.17) is 0 Å². The summed E-state index contributed by atoms with van der Waals surface area (Å²) in [5.74, 6) is 0.0778. The maximum absolute atomic E-state index is 11.8. The number of fused-ring (bicyclic) bond motifs is 1. The molecule has 0 fully saturated rings. The summed E-state index contributed by atoms with van der Waals surface area (Å²) >= 11 is 0. The van der Waals surface area contributed by atoms with Gasteiger partial charge in [0.1, 0.15) is 0 Å². The van der Waals surface area contributed by atoms with Gasteiger partial charge in [0.05, 0.1) is 11.4 Å². The zero-order chi connectivity index (χ0) is 13.2. The number of nitrogens with one attached hydrogen (secondary N) is 1. The molecule has 0 atom stereocenters. The van der Waals surface area contributed by atoms with Gasteiger partial charge in [-0.25, -0.2) is 0 Å². The van der Waals surface area contributed by atoms with Crippen molar-refractivity contribution in [1.29, 1.82) is 0 Å². The molecule has 0 aromatic heterocycles. The number of hydrogen-bond acceptors (Lipinski definition) is 2. The normalized spacial score (nSPS) is 14.6. The fourth-order valence-corrected chi connectivity index (χ4v) is 2.45. The van der Waals surface area contributed by atoms with Crippen LogP contribution in [0.1, 0.15) is 12.0 Å². The van der Waals surface area contributed by atoms with Crippen LogP contribution in [0.2, 0.25) is 0 Å². The zero-order valence-corrected chi connectivity index (χ0v) is 10.9. The average molecular weight is 252 g/mol. The van der Waals surface area contributed by atoms with E-state index in [-0.39, 0.29) is 5.91 Å². The molecule has 1 aliphatic rings. The molecule has 0 saturated carbocycles. The zero-order valence-electron chi connectivity index (χ0n) is 10.9. The topological polar surface area (TPSA) is 32.3 Å². The summed E-state index contributed by atoms with van der Waals surface area (Å²) in [4.78, 5) is 14.0. The van der Waals surface area contributed by atoms with Gasteiger partial charge in [-0.05, 0) is 30.7 Å². The number of nitrogens with zero attached hydrogens (tertiary/aromatic N) is 1. The lowest BCUT2D eigenvalue weighted by molar-refractivity contribution is -0.115. The molecule has 0 bridgehead atoms. The summed E-state index contributed by atoms with van der Waals surface area (Å²) in [7, 11) is 0. The van der Waals surface area contributed by atoms with Crippen LogP contribution in [0, 0.1) is 6.92 Å². The molecule has 2 aromatic rings. The quantitative estimate of drug-likeness (QED) is 0.842. The largest absolute Gasteiger partial charge is 0.339 e. The van der Waals surface area contributed by atoms with E-state index in [9.17, 15) is 4.79 Å². The van der Waals surface area contributed by atoms with E-state index < -0.39 is 0 Å². The van der Waals surface area contributed by atoms with Crippen LogP contribution in [-0.2, 0) is 4.79 Å². The van der Waals surface area contributed by atoms with Crippen LogP contribution in [0.25, 0.3) is 0 Å². The number of amides is 1. The number of para-hydroxylation sites is 2. The highest BCUT2D eigenvalue weighted by Gasteiger charge is 2.21. The van der Waals surface area contributed by atoms with Crippen molar-refractivity contribution in [3.8, 4) is 0 Å². The van der Waals surface area contributed by atoms with E-state index in [2.05, 4.69) is 28.4 Å². The van der Waals surface area contributed by atoms with Gasteiger partial charge in [-0.2, -0.15) is 0 Å². The van der Waals surface area contributed by atoms with Crippen molar-refractivity contribution < 1.29 is 4.79 Å². The monoisotopic (exact) mass is 252 g/mol. The molecule has 0 spiro atoms. The first-order chi connectivity index (χ1) is 9.25. The standard InChI is InChI=1S/C16H16N2O/c1-12-6-5-9-14-16(12)17-15(19)10-11-18(14)13-7-3-2-4-8-13/h2-9H,10-11H2,1H3,(H,17,19). The maximum Gasteiger partial charge on any atom is 0.226 e. The molecule has 1 aliphatic heterocycles. The van der Waals surface area contributed by atoms with E-state index in [0.717, 1.165) is 22.6 Å². The fraction of sp³-hybridized carbons (Fsp3) is 0.188. The van der Waals surface area contributed by atoms with Gasteiger partial charge in [0.25, 0.3) is 0 Å². The Kier molecular flexibility index (Phi) is 2.95. The molecule has 2 aromatic carbocycles. The average Bonchev–Trinajstić information content (AvgIpc) is 2.60. The summed E-state index contributed by atoms with van der Waals surface area (Å²) < 4.78 is 0. The number of rotatable bonds is 1. The third-order valence-electron chi connectivity index (χ3n) is 3.44. The molecule has 1 heterocycles. The smallest absolute Gasteiger partial charge is 0.226 e. The van der Waals surface area contributed by atoms with Gasteiger partial charge in [-0.1, -0.05) is 30.3 Å². The molecule has 96 valence electrons. The van der Waals surface area contributed by atoms with Crippen LogP contribution in [0.15, 0.2) is 48.5 Å². The highest BCUT2D eigenvalue weighted by atomic mass is 16.1. The summed E-state index contributed by atoms with van der Waals surface area (Å²) in [6.45, 7) is 2.72. The molecule has 3 rings (SSSR count). The third kappa shape index (κ3) is 2.19. The molecule has 0 radical (unpaired) electrons. The lowest BCUT2D eigenvalue weighted by Crippen LogP contribution is -2.18. The van der Waals surface area contributed by atoms with Crippen LogP contribution >= 0.6 is 0 Å². The minimum absolute atomic E-state index is 0.0778. The lowest BCUT2D eigenvalue weighted by Gasteiger charge is -2.24. The summed E-state index contributed by atoms with van der Waals surface area (Å²) in [6, 6.07) is 16.3. The summed E-state index contributed by atoms with van der Waals surface area (Å²) in [6.07, 6.45) is 0.503. The number of anilines is 3. The van der Waals surface area contributed by atoms with Crippen molar-refractivity contribution in [2.24, 2.45) is 0 Å². The molecule has 19 heavy (non-hydrogen) atoms. The third-order valence-corrected chi connectivity index (χ3v) is 3.44. The van der Waals surface area contributed by atoms with Crippen molar-refractivity contribution in [1.82, 2.24) is 0 Å². The molecule has 1 amide bonds. The number of hydrogen-bond donors (Lipinski definition) is 1.